The molecule has 0 aromatic rings. The van der Waals surface area contributed by atoms with Crippen LogP contribution in [0.4, 0.5) is 0 Å². The molecule has 2 N–H and O–H groups in total. The lowest BCUT2D eigenvalue weighted by molar-refractivity contribution is -0.134. The molecule has 1 fully saturated rings. The first kappa shape index (κ1) is 14.7. The van der Waals surface area contributed by atoms with Gasteiger partial charge in [0.15, 0.2) is 0 Å². The smallest absolute Gasteiger partial charge is 0.250 e. The molecule has 1 saturated heterocycles. The Bertz CT molecular complexity index is 173. The minimum atomic E-state index is -0.287. The maximum Gasteiger partial charge on any atom is 0.250 e. The quantitative estimate of drug-likeness (QED) is 0.691. The van der Waals surface area contributed by atoms with E-state index in [1.165, 1.54) is 12.8 Å². The second-order valence-electron chi connectivity index (χ2n) is 3.56. The van der Waals surface area contributed by atoms with E-state index in [-0.39, 0.29) is 24.4 Å². The van der Waals surface area contributed by atoms with Gasteiger partial charge in [0.1, 0.15) is 6.10 Å². The normalized spacial score (nSPS) is 20.5. The number of amides is 1. The van der Waals surface area contributed by atoms with Crippen LogP contribution in [0.2, 0.25) is 0 Å². The first-order valence-electron chi connectivity index (χ1n) is 5.44. The minimum Gasteiger partial charge on any atom is -0.366 e. The largest absolute Gasteiger partial charge is 0.366 e. The fraction of sp³-hybridized carbons (Fsp3) is 0.900. The van der Waals surface area contributed by atoms with E-state index in [1.807, 2.05) is 0 Å². The molecule has 0 bridgehead atoms. The van der Waals surface area contributed by atoms with E-state index < -0.39 is 0 Å². The van der Waals surface area contributed by atoms with Gasteiger partial charge in [0, 0.05) is 19.6 Å². The highest BCUT2D eigenvalue weighted by Crippen LogP contribution is 1.96. The number of hydrogen-bond donors (Lipinski definition) is 2. The van der Waals surface area contributed by atoms with Gasteiger partial charge in [0.25, 0.3) is 0 Å². The molecule has 15 heavy (non-hydrogen) atoms. The van der Waals surface area contributed by atoms with E-state index in [0.717, 1.165) is 19.5 Å². The summed E-state index contributed by atoms with van der Waals surface area (Å²) in [6.07, 6.45) is 3.12. The van der Waals surface area contributed by atoms with Crippen LogP contribution in [0, 0.1) is 0 Å². The summed E-state index contributed by atoms with van der Waals surface area (Å²) in [6.45, 7) is 5.04. The Morgan fingerprint density at radius 2 is 2.33 bits per heavy atom. The summed E-state index contributed by atoms with van der Waals surface area (Å²) < 4.78 is 5.32. The van der Waals surface area contributed by atoms with Crippen LogP contribution in [0.15, 0.2) is 0 Å². The first-order valence-corrected chi connectivity index (χ1v) is 5.44. The van der Waals surface area contributed by atoms with E-state index in [0.29, 0.717) is 13.2 Å². The molecule has 1 heterocycles. The van der Waals surface area contributed by atoms with Crippen molar-refractivity contribution >= 4 is 18.3 Å². The molecule has 1 aliphatic rings. The summed E-state index contributed by atoms with van der Waals surface area (Å²) in [7, 11) is 0. The summed E-state index contributed by atoms with van der Waals surface area (Å²) in [6, 6.07) is 0. The average molecular weight is 237 g/mol. The van der Waals surface area contributed by atoms with Crippen LogP contribution in [-0.2, 0) is 9.53 Å². The SMILES string of the molecule is CCCCCNC(=O)C1CNCCO1.Cl. The molecule has 1 amide bonds. The van der Waals surface area contributed by atoms with Crippen LogP contribution in [0.1, 0.15) is 26.2 Å². The van der Waals surface area contributed by atoms with Crippen LogP contribution in [-0.4, -0.2) is 38.3 Å². The number of morpholine rings is 1. The molecule has 90 valence electrons. The van der Waals surface area contributed by atoms with Gasteiger partial charge in [-0.25, -0.2) is 0 Å². The maximum absolute atomic E-state index is 11.5. The van der Waals surface area contributed by atoms with E-state index >= 15 is 0 Å². The van der Waals surface area contributed by atoms with Crippen molar-refractivity contribution in [2.45, 2.75) is 32.3 Å². The summed E-state index contributed by atoms with van der Waals surface area (Å²) in [5, 5.41) is 6.01. The Balaban J connectivity index is 0.00000196. The monoisotopic (exact) mass is 236 g/mol. The molecule has 0 aromatic carbocycles. The fourth-order valence-electron chi connectivity index (χ4n) is 1.43. The van der Waals surface area contributed by atoms with Gasteiger partial charge in [0.2, 0.25) is 5.91 Å². The van der Waals surface area contributed by atoms with Crippen LogP contribution in [0.25, 0.3) is 0 Å². The molecule has 1 rings (SSSR count). The zero-order valence-corrected chi connectivity index (χ0v) is 10.1. The van der Waals surface area contributed by atoms with E-state index in [4.69, 9.17) is 4.74 Å². The standard InChI is InChI=1S/C10H20N2O2.ClH/c1-2-3-4-5-12-10(13)9-8-11-6-7-14-9;/h9,11H,2-8H2,1H3,(H,12,13);1H. The third-order valence-electron chi connectivity index (χ3n) is 2.30. The molecule has 0 aromatic heterocycles. The lowest BCUT2D eigenvalue weighted by Crippen LogP contribution is -2.48. The molecular weight excluding hydrogens is 216 g/mol. The number of halogens is 1. The summed E-state index contributed by atoms with van der Waals surface area (Å²) >= 11 is 0. The van der Waals surface area contributed by atoms with Crippen molar-refractivity contribution in [3.8, 4) is 0 Å². The predicted octanol–water partition coefficient (Wildman–Crippen LogP) is 0.703. The number of carbonyl (C=O) groups excluding carboxylic acids is 1. The molecule has 1 aliphatic heterocycles. The Labute approximate surface area is 97.5 Å². The zero-order chi connectivity index (χ0) is 10.2. The van der Waals surface area contributed by atoms with Gasteiger partial charge in [-0.2, -0.15) is 0 Å². The summed E-state index contributed by atoms with van der Waals surface area (Å²) in [4.78, 5) is 11.5. The maximum atomic E-state index is 11.5. The predicted molar refractivity (Wildman–Crippen MR) is 62.4 cm³/mol. The highest BCUT2D eigenvalue weighted by atomic mass is 35.5. The molecule has 4 nitrogen and oxygen atoms in total. The summed E-state index contributed by atoms with van der Waals surface area (Å²) in [5.74, 6) is 0.0216. The number of unbranched alkanes of at least 4 members (excludes halogenated alkanes) is 2. The Morgan fingerprint density at radius 3 is 2.93 bits per heavy atom. The van der Waals surface area contributed by atoms with Gasteiger partial charge in [-0.05, 0) is 6.42 Å². The topological polar surface area (TPSA) is 50.4 Å². The Morgan fingerprint density at radius 1 is 1.53 bits per heavy atom. The van der Waals surface area contributed by atoms with Crippen molar-refractivity contribution in [3.63, 3.8) is 0 Å². The van der Waals surface area contributed by atoms with Gasteiger partial charge in [-0.1, -0.05) is 19.8 Å². The molecule has 5 heteroatoms. The molecule has 1 unspecified atom stereocenters. The lowest BCUT2D eigenvalue weighted by atomic mass is 10.2. The number of rotatable bonds is 5. The van der Waals surface area contributed by atoms with Crippen LogP contribution >= 0.6 is 12.4 Å². The minimum absolute atomic E-state index is 0. The van der Waals surface area contributed by atoms with E-state index in [9.17, 15) is 4.79 Å². The molecule has 0 radical (unpaired) electrons. The van der Waals surface area contributed by atoms with Crippen molar-refractivity contribution in [3.05, 3.63) is 0 Å². The van der Waals surface area contributed by atoms with Gasteiger partial charge in [0.05, 0.1) is 6.61 Å². The van der Waals surface area contributed by atoms with Gasteiger partial charge in [-0.3, -0.25) is 4.79 Å². The highest BCUT2D eigenvalue weighted by Gasteiger charge is 2.20. The summed E-state index contributed by atoms with van der Waals surface area (Å²) in [5.41, 5.74) is 0. The van der Waals surface area contributed by atoms with Crippen LogP contribution < -0.4 is 10.6 Å². The van der Waals surface area contributed by atoms with Gasteiger partial charge < -0.3 is 15.4 Å². The highest BCUT2D eigenvalue weighted by molar-refractivity contribution is 5.85. The van der Waals surface area contributed by atoms with Crippen molar-refractivity contribution in [1.29, 1.82) is 0 Å². The molecule has 0 saturated carbocycles. The number of carbonyl (C=O) groups is 1. The Kier molecular flexibility index (Phi) is 8.76. The number of nitrogens with one attached hydrogen (secondary N) is 2. The van der Waals surface area contributed by atoms with Crippen molar-refractivity contribution < 1.29 is 9.53 Å². The zero-order valence-electron chi connectivity index (χ0n) is 9.25. The molecular formula is C10H21ClN2O2. The van der Waals surface area contributed by atoms with E-state index in [2.05, 4.69) is 17.6 Å². The van der Waals surface area contributed by atoms with Crippen LogP contribution in [0.3, 0.4) is 0 Å². The van der Waals surface area contributed by atoms with Crippen molar-refractivity contribution in [2.24, 2.45) is 0 Å². The third-order valence-corrected chi connectivity index (χ3v) is 2.30. The van der Waals surface area contributed by atoms with Crippen molar-refractivity contribution in [2.75, 3.05) is 26.2 Å². The van der Waals surface area contributed by atoms with Gasteiger partial charge in [-0.15, -0.1) is 12.4 Å². The fourth-order valence-corrected chi connectivity index (χ4v) is 1.43. The molecule has 0 spiro atoms. The third kappa shape index (κ3) is 5.97. The van der Waals surface area contributed by atoms with Crippen molar-refractivity contribution in [1.82, 2.24) is 10.6 Å². The molecule has 0 aliphatic carbocycles. The lowest BCUT2D eigenvalue weighted by Gasteiger charge is -2.22. The van der Waals surface area contributed by atoms with Gasteiger partial charge >= 0.3 is 0 Å². The Hall–Kier alpha value is -0.320. The number of hydrogen-bond acceptors (Lipinski definition) is 3. The average Bonchev–Trinajstić information content (AvgIpc) is 2.25. The molecule has 1 atom stereocenters. The number of ether oxygens (including phenoxy) is 1. The second kappa shape index (κ2) is 8.95. The first-order chi connectivity index (χ1) is 6.84. The van der Waals surface area contributed by atoms with E-state index in [1.54, 1.807) is 0 Å². The van der Waals surface area contributed by atoms with Crippen LogP contribution in [0.5, 0.6) is 0 Å². The second-order valence-corrected chi connectivity index (χ2v) is 3.56.